The molecule has 0 aliphatic carbocycles. The molecule has 1 aromatic carbocycles. The lowest BCUT2D eigenvalue weighted by Gasteiger charge is -2.12. The molecule has 0 atom stereocenters. The molecule has 9 nitrogen and oxygen atoms in total. The van der Waals surface area contributed by atoms with Crippen LogP contribution in [0.5, 0.6) is 5.75 Å². The normalized spacial score (nSPS) is 10.8. The van der Waals surface area contributed by atoms with Crippen molar-refractivity contribution in [3.8, 4) is 23.1 Å². The first kappa shape index (κ1) is 21.2. The summed E-state index contributed by atoms with van der Waals surface area (Å²) in [4.78, 5) is 17.5. The molecular formula is C21H25N7O2. The Labute approximate surface area is 175 Å². The van der Waals surface area contributed by atoms with Gasteiger partial charge in [0.25, 0.3) is 0 Å². The smallest absolute Gasteiger partial charge is 0.236 e. The average Bonchev–Trinajstić information content (AvgIpc) is 3.11. The Kier molecular flexibility index (Phi) is 6.59. The topological polar surface area (TPSA) is 109 Å². The number of nitriles is 1. The van der Waals surface area contributed by atoms with Crippen molar-refractivity contribution in [1.82, 2.24) is 30.2 Å². The fourth-order valence-corrected chi connectivity index (χ4v) is 2.96. The Morgan fingerprint density at radius 3 is 2.83 bits per heavy atom. The van der Waals surface area contributed by atoms with Crippen LogP contribution in [0.25, 0.3) is 22.3 Å². The van der Waals surface area contributed by atoms with E-state index in [1.807, 2.05) is 31.2 Å². The minimum atomic E-state index is 0.0515. The number of carbonyl (C=O) groups is 1. The summed E-state index contributed by atoms with van der Waals surface area (Å²) in [6, 6.07) is 9.80. The molecule has 2 heterocycles. The predicted octanol–water partition coefficient (Wildman–Crippen LogP) is 1.66. The second kappa shape index (κ2) is 9.33. The Balaban J connectivity index is 1.63. The summed E-state index contributed by atoms with van der Waals surface area (Å²) in [5.74, 6) is 0.850. The summed E-state index contributed by atoms with van der Waals surface area (Å²) >= 11 is 0. The lowest BCUT2D eigenvalue weighted by molar-refractivity contribution is -0.127. The van der Waals surface area contributed by atoms with Crippen LogP contribution in [-0.4, -0.2) is 64.6 Å². The highest BCUT2D eigenvalue weighted by molar-refractivity contribution is 5.83. The number of aryl methyl sites for hydroxylation is 2. The molecule has 1 N–H and O–H groups in total. The zero-order valence-electron chi connectivity index (χ0n) is 17.6. The SMILES string of the molecule is Cc1cc(-c2cc3c(nnn3C)c(C#N)n2)ccc1OCCCNCC(=O)N(C)C. The van der Waals surface area contributed by atoms with Crippen LogP contribution in [0.3, 0.4) is 0 Å². The zero-order chi connectivity index (χ0) is 21.7. The number of hydrogen-bond acceptors (Lipinski definition) is 7. The number of likely N-dealkylation sites (N-methyl/N-ethyl adjacent to an activating group) is 1. The minimum Gasteiger partial charge on any atom is -0.493 e. The lowest BCUT2D eigenvalue weighted by atomic mass is 10.1. The van der Waals surface area contributed by atoms with Gasteiger partial charge in [-0.2, -0.15) is 5.26 Å². The molecule has 0 saturated carbocycles. The van der Waals surface area contributed by atoms with E-state index in [4.69, 9.17) is 4.74 Å². The first-order chi connectivity index (χ1) is 14.4. The molecule has 0 radical (unpaired) electrons. The van der Waals surface area contributed by atoms with Crippen molar-refractivity contribution in [1.29, 1.82) is 5.26 Å². The van der Waals surface area contributed by atoms with Gasteiger partial charge in [-0.3, -0.25) is 4.79 Å². The van der Waals surface area contributed by atoms with E-state index in [1.54, 1.807) is 30.7 Å². The molecule has 0 unspecified atom stereocenters. The Hall–Kier alpha value is -3.51. The predicted molar refractivity (Wildman–Crippen MR) is 113 cm³/mol. The molecule has 2 aromatic heterocycles. The van der Waals surface area contributed by atoms with Gasteiger partial charge < -0.3 is 15.0 Å². The van der Waals surface area contributed by atoms with Crippen molar-refractivity contribution in [3.05, 3.63) is 35.5 Å². The molecule has 9 heteroatoms. The highest BCUT2D eigenvalue weighted by Crippen LogP contribution is 2.27. The number of rotatable bonds is 8. The van der Waals surface area contributed by atoms with Gasteiger partial charge in [-0.15, -0.1) is 5.10 Å². The van der Waals surface area contributed by atoms with Crippen LogP contribution in [0.4, 0.5) is 0 Å². The molecule has 1 amide bonds. The number of aromatic nitrogens is 4. The van der Waals surface area contributed by atoms with E-state index < -0.39 is 0 Å². The monoisotopic (exact) mass is 407 g/mol. The summed E-state index contributed by atoms with van der Waals surface area (Å²) in [5, 5.41) is 20.5. The number of nitrogens with zero attached hydrogens (tertiary/aromatic N) is 6. The van der Waals surface area contributed by atoms with Crippen LogP contribution in [0.1, 0.15) is 17.7 Å². The molecule has 0 fully saturated rings. The Bertz CT molecular complexity index is 1100. The van der Waals surface area contributed by atoms with Crippen LogP contribution < -0.4 is 10.1 Å². The maximum absolute atomic E-state index is 11.5. The maximum atomic E-state index is 11.5. The van der Waals surface area contributed by atoms with Crippen LogP contribution in [0.15, 0.2) is 24.3 Å². The first-order valence-corrected chi connectivity index (χ1v) is 9.66. The summed E-state index contributed by atoms with van der Waals surface area (Å²) in [6.07, 6.45) is 0.791. The Morgan fingerprint density at radius 1 is 1.33 bits per heavy atom. The fourth-order valence-electron chi connectivity index (χ4n) is 2.96. The molecule has 30 heavy (non-hydrogen) atoms. The van der Waals surface area contributed by atoms with Gasteiger partial charge in [0.1, 0.15) is 17.3 Å². The number of nitrogens with one attached hydrogen (secondary N) is 1. The molecule has 0 aliphatic rings. The highest BCUT2D eigenvalue weighted by Gasteiger charge is 2.13. The second-order valence-electron chi connectivity index (χ2n) is 7.20. The Morgan fingerprint density at radius 2 is 2.13 bits per heavy atom. The van der Waals surface area contributed by atoms with Crippen molar-refractivity contribution in [2.75, 3.05) is 33.8 Å². The first-order valence-electron chi connectivity index (χ1n) is 9.66. The van der Waals surface area contributed by atoms with Gasteiger partial charge in [0.05, 0.1) is 24.4 Å². The molecule has 0 bridgehead atoms. The number of carbonyl (C=O) groups excluding carboxylic acids is 1. The van der Waals surface area contributed by atoms with Crippen LogP contribution in [0, 0.1) is 18.3 Å². The number of ether oxygens (including phenoxy) is 1. The van der Waals surface area contributed by atoms with Gasteiger partial charge in [0, 0.05) is 26.7 Å². The molecule has 3 aromatic rings. The van der Waals surface area contributed by atoms with Gasteiger partial charge in [0.15, 0.2) is 5.69 Å². The van der Waals surface area contributed by atoms with E-state index in [0.29, 0.717) is 30.9 Å². The average molecular weight is 407 g/mol. The number of pyridine rings is 1. The number of amides is 1. The molecule has 0 saturated heterocycles. The van der Waals surface area contributed by atoms with Gasteiger partial charge in [-0.1, -0.05) is 5.21 Å². The van der Waals surface area contributed by atoms with Crippen molar-refractivity contribution >= 4 is 16.9 Å². The van der Waals surface area contributed by atoms with Gasteiger partial charge in [-0.25, -0.2) is 9.67 Å². The van der Waals surface area contributed by atoms with Crippen LogP contribution >= 0.6 is 0 Å². The van der Waals surface area contributed by atoms with Crippen molar-refractivity contribution in [2.45, 2.75) is 13.3 Å². The number of hydrogen-bond donors (Lipinski definition) is 1. The molecule has 156 valence electrons. The van der Waals surface area contributed by atoms with Crippen LogP contribution in [0.2, 0.25) is 0 Å². The maximum Gasteiger partial charge on any atom is 0.236 e. The lowest BCUT2D eigenvalue weighted by Crippen LogP contribution is -2.33. The van der Waals surface area contributed by atoms with E-state index in [-0.39, 0.29) is 11.6 Å². The highest BCUT2D eigenvalue weighted by atomic mass is 16.5. The third-order valence-corrected chi connectivity index (χ3v) is 4.71. The summed E-state index contributed by atoms with van der Waals surface area (Å²) in [6.45, 7) is 3.56. The molecule has 0 aliphatic heterocycles. The zero-order valence-corrected chi connectivity index (χ0v) is 17.6. The third-order valence-electron chi connectivity index (χ3n) is 4.71. The van der Waals surface area contributed by atoms with E-state index in [0.717, 1.165) is 28.8 Å². The minimum absolute atomic E-state index is 0.0515. The van der Waals surface area contributed by atoms with Gasteiger partial charge in [-0.05, 0) is 49.7 Å². The fraction of sp³-hybridized carbons (Fsp3) is 0.381. The van der Waals surface area contributed by atoms with Gasteiger partial charge in [0.2, 0.25) is 5.91 Å². The summed E-state index contributed by atoms with van der Waals surface area (Å²) < 4.78 is 7.50. The molecular weight excluding hydrogens is 382 g/mol. The van der Waals surface area contributed by atoms with Crippen molar-refractivity contribution < 1.29 is 9.53 Å². The number of benzene rings is 1. The quantitative estimate of drug-likeness (QED) is 0.566. The number of fused-ring (bicyclic) bond motifs is 1. The van der Waals surface area contributed by atoms with E-state index in [9.17, 15) is 10.1 Å². The van der Waals surface area contributed by atoms with Crippen molar-refractivity contribution in [3.63, 3.8) is 0 Å². The molecule has 0 spiro atoms. The second-order valence-corrected chi connectivity index (χ2v) is 7.20. The van der Waals surface area contributed by atoms with Crippen molar-refractivity contribution in [2.24, 2.45) is 7.05 Å². The van der Waals surface area contributed by atoms with Crippen LogP contribution in [-0.2, 0) is 11.8 Å². The third kappa shape index (κ3) is 4.72. The summed E-state index contributed by atoms with van der Waals surface area (Å²) in [5.41, 5.74) is 4.08. The van der Waals surface area contributed by atoms with E-state index in [2.05, 4.69) is 26.7 Å². The molecule has 3 rings (SSSR count). The van der Waals surface area contributed by atoms with E-state index >= 15 is 0 Å². The van der Waals surface area contributed by atoms with E-state index in [1.165, 1.54) is 0 Å². The summed E-state index contributed by atoms with van der Waals surface area (Å²) in [7, 11) is 5.26. The largest absolute Gasteiger partial charge is 0.493 e. The van der Waals surface area contributed by atoms with Gasteiger partial charge >= 0.3 is 0 Å². The standard InChI is InChI=1S/C21H25N7O2/c1-14-10-15(16-11-18-21(17(12-22)24-16)25-26-28(18)4)6-7-19(14)30-9-5-8-23-13-20(29)27(2)3/h6-7,10-11,23H,5,8-9,13H2,1-4H3.